The number of rotatable bonds is 2. The molecule has 0 aromatic heterocycles. The first-order valence-corrected chi connectivity index (χ1v) is 4.43. The Morgan fingerprint density at radius 3 is 2.23 bits per heavy atom. The van der Waals surface area contributed by atoms with Gasteiger partial charge in [-0.15, -0.1) is 11.6 Å². The van der Waals surface area contributed by atoms with E-state index in [0.717, 1.165) is 12.1 Å². The summed E-state index contributed by atoms with van der Waals surface area (Å²) in [7, 11) is 0. The van der Waals surface area contributed by atoms with Crippen molar-refractivity contribution in [3.05, 3.63) is 40.4 Å². The lowest BCUT2D eigenvalue weighted by Crippen LogP contribution is -1.85. The van der Waals surface area contributed by atoms with Gasteiger partial charge in [0.25, 0.3) is 0 Å². The van der Waals surface area contributed by atoms with Gasteiger partial charge in [-0.1, -0.05) is 23.8 Å². The summed E-state index contributed by atoms with van der Waals surface area (Å²) in [5.41, 5.74) is 0.403. The maximum absolute atomic E-state index is 12.8. The topological polar surface area (TPSA) is 0 Å². The molecule has 1 aromatic rings. The fraction of sp³-hybridized carbons (Fsp3) is 0.111. The minimum Gasteiger partial charge on any atom is -0.205 e. The van der Waals surface area contributed by atoms with E-state index < -0.39 is 16.7 Å². The van der Waals surface area contributed by atoms with Crippen LogP contribution in [0.3, 0.4) is 0 Å². The number of hydrogen-bond acceptors (Lipinski definition) is 0. The van der Waals surface area contributed by atoms with Crippen molar-refractivity contribution < 1.29 is 8.78 Å². The highest BCUT2D eigenvalue weighted by molar-refractivity contribution is 6.30. The molecule has 0 atom stereocenters. The molecule has 0 fully saturated rings. The summed E-state index contributed by atoms with van der Waals surface area (Å²) in [5, 5.41) is -0.483. The molecular formula is C9H6Cl2F2. The van der Waals surface area contributed by atoms with Crippen LogP contribution >= 0.6 is 23.2 Å². The maximum Gasteiger partial charge on any atom is 0.145 e. The third kappa shape index (κ3) is 2.68. The third-order valence-electron chi connectivity index (χ3n) is 1.41. The molecule has 1 aromatic carbocycles. The van der Waals surface area contributed by atoms with Gasteiger partial charge in [-0.2, -0.15) is 0 Å². The second-order valence-corrected chi connectivity index (χ2v) is 3.04. The lowest BCUT2D eigenvalue weighted by molar-refractivity contribution is 0.583. The molecule has 0 bridgehead atoms. The first-order chi connectivity index (χ1) is 6.15. The highest BCUT2D eigenvalue weighted by Crippen LogP contribution is 2.20. The molecule has 0 nitrogen and oxygen atoms in total. The average molecular weight is 223 g/mol. The molecule has 0 aliphatic heterocycles. The molecule has 0 saturated heterocycles. The Labute approximate surface area is 84.8 Å². The maximum atomic E-state index is 12.8. The lowest BCUT2D eigenvalue weighted by atomic mass is 10.2. The van der Waals surface area contributed by atoms with Gasteiger partial charge in [-0.3, -0.25) is 0 Å². The van der Waals surface area contributed by atoms with Gasteiger partial charge < -0.3 is 0 Å². The van der Waals surface area contributed by atoms with Crippen molar-refractivity contribution in [1.29, 1.82) is 0 Å². The molecule has 0 radical (unpaired) electrons. The van der Waals surface area contributed by atoms with Crippen molar-refractivity contribution in [3.8, 4) is 0 Å². The van der Waals surface area contributed by atoms with Crippen LogP contribution < -0.4 is 0 Å². The van der Waals surface area contributed by atoms with Gasteiger partial charge in [0.2, 0.25) is 0 Å². The van der Waals surface area contributed by atoms with Crippen molar-refractivity contribution in [2.45, 2.75) is 0 Å². The molecule has 13 heavy (non-hydrogen) atoms. The van der Waals surface area contributed by atoms with Crippen LogP contribution in [0.5, 0.6) is 0 Å². The molecule has 0 aliphatic carbocycles. The van der Waals surface area contributed by atoms with E-state index in [-0.39, 0.29) is 0 Å². The predicted octanol–water partition coefficient (Wildman–Crippen LogP) is 3.87. The van der Waals surface area contributed by atoms with E-state index >= 15 is 0 Å². The summed E-state index contributed by atoms with van der Waals surface area (Å²) >= 11 is 10.6. The summed E-state index contributed by atoms with van der Waals surface area (Å²) < 4.78 is 25.7. The first kappa shape index (κ1) is 10.5. The Morgan fingerprint density at radius 1 is 1.23 bits per heavy atom. The predicted molar refractivity (Wildman–Crippen MR) is 51.1 cm³/mol. The largest absolute Gasteiger partial charge is 0.205 e. The smallest absolute Gasteiger partial charge is 0.145 e. The lowest BCUT2D eigenvalue weighted by Gasteiger charge is -1.98. The number of halogens is 4. The van der Waals surface area contributed by atoms with Crippen LogP contribution in [-0.4, -0.2) is 5.88 Å². The minimum atomic E-state index is -0.768. The fourth-order valence-corrected chi connectivity index (χ4v) is 1.05. The van der Waals surface area contributed by atoms with Crippen LogP contribution in [0.15, 0.2) is 18.2 Å². The van der Waals surface area contributed by atoms with Crippen molar-refractivity contribution in [3.63, 3.8) is 0 Å². The SMILES string of the molecule is Fc1cc(C=CCCl)cc(F)c1Cl. The molecule has 0 N–H and O–H groups in total. The van der Waals surface area contributed by atoms with E-state index in [4.69, 9.17) is 23.2 Å². The molecule has 0 unspecified atom stereocenters. The minimum absolute atomic E-state index is 0.297. The first-order valence-electron chi connectivity index (χ1n) is 3.52. The summed E-state index contributed by atoms with van der Waals surface area (Å²) in [6.45, 7) is 0. The Morgan fingerprint density at radius 2 is 1.77 bits per heavy atom. The fourth-order valence-electron chi connectivity index (χ4n) is 0.852. The monoisotopic (exact) mass is 222 g/mol. The van der Waals surface area contributed by atoms with Gasteiger partial charge in [-0.05, 0) is 17.7 Å². The zero-order valence-corrected chi connectivity index (χ0v) is 8.04. The van der Waals surface area contributed by atoms with E-state index in [1.807, 2.05) is 0 Å². The second kappa shape index (κ2) is 4.58. The highest BCUT2D eigenvalue weighted by Gasteiger charge is 2.06. The van der Waals surface area contributed by atoms with E-state index in [0.29, 0.717) is 11.4 Å². The molecular weight excluding hydrogens is 217 g/mol. The van der Waals surface area contributed by atoms with E-state index in [2.05, 4.69) is 0 Å². The van der Waals surface area contributed by atoms with E-state index in [1.165, 1.54) is 6.08 Å². The van der Waals surface area contributed by atoms with Crippen LogP contribution in [-0.2, 0) is 0 Å². The zero-order valence-electron chi connectivity index (χ0n) is 6.53. The van der Waals surface area contributed by atoms with Crippen molar-refractivity contribution in [1.82, 2.24) is 0 Å². The van der Waals surface area contributed by atoms with Gasteiger partial charge in [-0.25, -0.2) is 8.78 Å². The number of hydrogen-bond donors (Lipinski definition) is 0. The Bertz CT molecular complexity index is 311. The van der Waals surface area contributed by atoms with Crippen molar-refractivity contribution >= 4 is 29.3 Å². The van der Waals surface area contributed by atoms with Crippen LogP contribution in [0, 0.1) is 11.6 Å². The Hall–Kier alpha value is -0.600. The van der Waals surface area contributed by atoms with E-state index in [9.17, 15) is 8.78 Å². The van der Waals surface area contributed by atoms with Gasteiger partial charge in [0.1, 0.15) is 16.7 Å². The highest BCUT2D eigenvalue weighted by atomic mass is 35.5. The van der Waals surface area contributed by atoms with Gasteiger partial charge >= 0.3 is 0 Å². The zero-order chi connectivity index (χ0) is 9.84. The van der Waals surface area contributed by atoms with Gasteiger partial charge in [0, 0.05) is 5.88 Å². The number of benzene rings is 1. The standard InChI is InChI=1S/C9H6Cl2F2/c10-3-1-2-6-4-7(12)9(11)8(13)5-6/h1-2,4-5H,3H2. The van der Waals surface area contributed by atoms with Crippen LogP contribution in [0.25, 0.3) is 6.08 Å². The second-order valence-electron chi connectivity index (χ2n) is 2.36. The molecule has 0 spiro atoms. The van der Waals surface area contributed by atoms with Crippen LogP contribution in [0.2, 0.25) is 5.02 Å². The number of alkyl halides is 1. The van der Waals surface area contributed by atoms with Crippen molar-refractivity contribution in [2.24, 2.45) is 0 Å². The average Bonchev–Trinajstić information content (AvgIpc) is 2.10. The molecule has 0 saturated carbocycles. The molecule has 0 aliphatic rings. The van der Waals surface area contributed by atoms with Crippen molar-refractivity contribution in [2.75, 3.05) is 5.88 Å². The molecule has 4 heteroatoms. The summed E-state index contributed by atoms with van der Waals surface area (Å²) in [6, 6.07) is 2.29. The number of allylic oxidation sites excluding steroid dienone is 1. The van der Waals surface area contributed by atoms with Crippen LogP contribution in [0.1, 0.15) is 5.56 Å². The van der Waals surface area contributed by atoms with E-state index in [1.54, 1.807) is 6.08 Å². The summed E-state index contributed by atoms with van der Waals surface area (Å²) in [6.07, 6.45) is 3.11. The molecule has 0 heterocycles. The molecule has 70 valence electrons. The molecule has 0 amide bonds. The van der Waals surface area contributed by atoms with Gasteiger partial charge in [0.15, 0.2) is 0 Å². The Kier molecular flexibility index (Phi) is 3.70. The van der Waals surface area contributed by atoms with Crippen LogP contribution in [0.4, 0.5) is 8.78 Å². The summed E-state index contributed by atoms with van der Waals surface area (Å²) in [5.74, 6) is -1.24. The quantitative estimate of drug-likeness (QED) is 0.527. The Balaban J connectivity index is 3.06. The van der Waals surface area contributed by atoms with Gasteiger partial charge in [0.05, 0.1) is 0 Å². The normalized spacial score (nSPS) is 11.1. The third-order valence-corrected chi connectivity index (χ3v) is 1.94. The molecule has 1 rings (SSSR count). The summed E-state index contributed by atoms with van der Waals surface area (Å²) in [4.78, 5) is 0.